The number of carbonyl (C=O) groups excluding carboxylic acids is 2. The Hall–Kier alpha value is -4.32. The molecule has 2 heterocycles. The van der Waals surface area contributed by atoms with Crippen molar-refractivity contribution in [3.63, 3.8) is 0 Å². The molecule has 4 rings (SSSR count). The molecule has 9 nitrogen and oxygen atoms in total. The number of aromatic nitrogens is 1. The zero-order valence-corrected chi connectivity index (χ0v) is 21.2. The van der Waals surface area contributed by atoms with Gasteiger partial charge in [0.1, 0.15) is 29.5 Å². The van der Waals surface area contributed by atoms with E-state index in [4.69, 9.17) is 9.47 Å². The maximum Gasteiger partial charge on any atom is 0.416 e. The Kier molecular flexibility index (Phi) is 8.87. The molecule has 0 aliphatic carbocycles. The summed E-state index contributed by atoms with van der Waals surface area (Å²) in [5.74, 6) is 0.618. The molecule has 3 aromatic rings. The van der Waals surface area contributed by atoms with Crippen LogP contribution in [0.3, 0.4) is 0 Å². The largest absolute Gasteiger partial charge is 0.490 e. The van der Waals surface area contributed by atoms with Crippen LogP contribution in [0.5, 0.6) is 17.2 Å². The molecule has 1 fully saturated rings. The van der Waals surface area contributed by atoms with E-state index in [-0.39, 0.29) is 29.6 Å². The fourth-order valence-electron chi connectivity index (χ4n) is 3.97. The van der Waals surface area contributed by atoms with Crippen molar-refractivity contribution < 1.29 is 32.2 Å². The summed E-state index contributed by atoms with van der Waals surface area (Å²) in [6.45, 7) is 2.86. The molecule has 0 unspecified atom stereocenters. The van der Waals surface area contributed by atoms with Gasteiger partial charge in [-0.15, -0.1) is 0 Å². The average molecular weight is 544 g/mol. The van der Waals surface area contributed by atoms with Gasteiger partial charge in [-0.3, -0.25) is 14.7 Å². The van der Waals surface area contributed by atoms with Gasteiger partial charge >= 0.3 is 12.2 Å². The predicted molar refractivity (Wildman–Crippen MR) is 139 cm³/mol. The number of benzene rings is 2. The summed E-state index contributed by atoms with van der Waals surface area (Å²) in [4.78, 5) is 30.6. The summed E-state index contributed by atoms with van der Waals surface area (Å²) in [5.41, 5.74) is -0.418. The van der Waals surface area contributed by atoms with E-state index in [0.717, 1.165) is 38.1 Å². The van der Waals surface area contributed by atoms with Crippen LogP contribution >= 0.6 is 0 Å². The average Bonchev–Trinajstić information content (AvgIpc) is 3.43. The minimum Gasteiger partial charge on any atom is -0.490 e. The molecule has 2 aromatic carbocycles. The third-order valence-electron chi connectivity index (χ3n) is 5.96. The van der Waals surface area contributed by atoms with Crippen LogP contribution in [0.2, 0.25) is 0 Å². The van der Waals surface area contributed by atoms with Crippen LogP contribution in [0.25, 0.3) is 0 Å². The van der Waals surface area contributed by atoms with Crippen molar-refractivity contribution in [2.45, 2.75) is 19.0 Å². The summed E-state index contributed by atoms with van der Waals surface area (Å²) in [6, 6.07) is 11.6. The Bertz CT molecular complexity index is 1300. The second-order valence-electron chi connectivity index (χ2n) is 8.77. The van der Waals surface area contributed by atoms with Crippen molar-refractivity contribution in [2.75, 3.05) is 43.9 Å². The normalized spacial score (nSPS) is 13.5. The third kappa shape index (κ3) is 7.84. The Labute approximate surface area is 223 Å². The molecule has 0 spiro atoms. The number of anilines is 2. The van der Waals surface area contributed by atoms with Crippen LogP contribution in [-0.4, -0.2) is 55.1 Å². The molecule has 1 saturated heterocycles. The molecule has 0 atom stereocenters. The van der Waals surface area contributed by atoms with E-state index in [2.05, 4.69) is 25.8 Å². The van der Waals surface area contributed by atoms with Crippen molar-refractivity contribution >= 4 is 23.3 Å². The SMILES string of the molecule is CNC(=O)c1cc(Oc2ccc(NC(=O)Nc3cc(C(F)(F)F)ccc3OCCN3CCCC3)cc2)ccn1. The minimum atomic E-state index is -4.58. The number of hydrogen-bond acceptors (Lipinski definition) is 6. The zero-order valence-electron chi connectivity index (χ0n) is 21.2. The Morgan fingerprint density at radius 3 is 2.41 bits per heavy atom. The number of alkyl halides is 3. The van der Waals surface area contributed by atoms with Gasteiger partial charge in [-0.25, -0.2) is 4.79 Å². The van der Waals surface area contributed by atoms with Crippen LogP contribution in [0, 0.1) is 0 Å². The molecule has 3 N–H and O–H groups in total. The van der Waals surface area contributed by atoms with E-state index in [1.807, 2.05) is 0 Å². The number of amides is 3. The lowest BCUT2D eigenvalue weighted by Gasteiger charge is -2.18. The topological polar surface area (TPSA) is 105 Å². The molecule has 0 bridgehead atoms. The van der Waals surface area contributed by atoms with Gasteiger partial charge < -0.3 is 25.4 Å². The van der Waals surface area contributed by atoms with E-state index in [9.17, 15) is 22.8 Å². The Balaban J connectivity index is 1.39. The van der Waals surface area contributed by atoms with Gasteiger partial charge in [-0.1, -0.05) is 0 Å². The minimum absolute atomic E-state index is 0.0895. The van der Waals surface area contributed by atoms with Gasteiger partial charge in [0.15, 0.2) is 0 Å². The molecule has 0 saturated carbocycles. The lowest BCUT2D eigenvalue weighted by Crippen LogP contribution is -2.25. The van der Waals surface area contributed by atoms with Gasteiger partial charge in [-0.05, 0) is 74.5 Å². The quantitative estimate of drug-likeness (QED) is 0.335. The summed E-state index contributed by atoms with van der Waals surface area (Å²) in [6.07, 6.45) is -0.906. The number of halogens is 3. The highest BCUT2D eigenvalue weighted by atomic mass is 19.4. The highest BCUT2D eigenvalue weighted by molar-refractivity contribution is 6.00. The lowest BCUT2D eigenvalue weighted by molar-refractivity contribution is -0.137. The van der Waals surface area contributed by atoms with Gasteiger partial charge in [0.2, 0.25) is 0 Å². The van der Waals surface area contributed by atoms with Crippen molar-refractivity contribution in [3.05, 3.63) is 72.1 Å². The summed E-state index contributed by atoms with van der Waals surface area (Å²) in [7, 11) is 1.50. The smallest absolute Gasteiger partial charge is 0.416 e. The van der Waals surface area contributed by atoms with Crippen molar-refractivity contribution in [3.8, 4) is 17.2 Å². The lowest BCUT2D eigenvalue weighted by atomic mass is 10.2. The first-order valence-electron chi connectivity index (χ1n) is 12.3. The zero-order chi connectivity index (χ0) is 27.8. The van der Waals surface area contributed by atoms with Gasteiger partial charge in [0, 0.05) is 31.5 Å². The number of nitrogens with one attached hydrogen (secondary N) is 3. The molecule has 1 aliphatic rings. The molecule has 206 valence electrons. The Morgan fingerprint density at radius 1 is 0.974 bits per heavy atom. The van der Waals surface area contributed by atoms with Gasteiger partial charge in [0.05, 0.1) is 11.3 Å². The first kappa shape index (κ1) is 27.7. The number of rotatable bonds is 9. The van der Waals surface area contributed by atoms with Crippen LogP contribution in [0.1, 0.15) is 28.9 Å². The van der Waals surface area contributed by atoms with E-state index in [1.54, 1.807) is 30.3 Å². The number of nitrogens with zero attached hydrogens (tertiary/aromatic N) is 2. The highest BCUT2D eigenvalue weighted by Gasteiger charge is 2.31. The number of hydrogen-bond donors (Lipinski definition) is 3. The van der Waals surface area contributed by atoms with E-state index >= 15 is 0 Å². The monoisotopic (exact) mass is 543 g/mol. The fraction of sp³-hybridized carbons (Fsp3) is 0.296. The molecule has 3 amide bonds. The van der Waals surface area contributed by atoms with Gasteiger partial charge in [0.25, 0.3) is 5.91 Å². The van der Waals surface area contributed by atoms with Gasteiger partial charge in [-0.2, -0.15) is 13.2 Å². The van der Waals surface area contributed by atoms with Crippen molar-refractivity contribution in [2.24, 2.45) is 0 Å². The summed E-state index contributed by atoms with van der Waals surface area (Å²) < 4.78 is 51.4. The second kappa shape index (κ2) is 12.5. The first-order valence-corrected chi connectivity index (χ1v) is 12.3. The number of ether oxygens (including phenoxy) is 2. The van der Waals surface area contributed by atoms with Crippen LogP contribution in [0.15, 0.2) is 60.8 Å². The van der Waals surface area contributed by atoms with E-state index < -0.39 is 17.8 Å². The standard InChI is InChI=1S/C27H28F3N5O4/c1-31-25(36)23-17-21(10-11-32-23)39-20-7-5-19(6-8-20)33-26(37)34-22-16-18(27(28,29)30)4-9-24(22)38-15-14-35-12-2-3-13-35/h4-11,16-17H,2-3,12-15H2,1H3,(H,31,36)(H2,33,34,37). The van der Waals surface area contributed by atoms with Crippen molar-refractivity contribution in [1.29, 1.82) is 0 Å². The number of pyridine rings is 1. The molecule has 1 aromatic heterocycles. The number of carbonyl (C=O) groups is 2. The third-order valence-corrected chi connectivity index (χ3v) is 5.96. The number of urea groups is 1. The molecular formula is C27H28F3N5O4. The molecule has 1 aliphatic heterocycles. The predicted octanol–water partition coefficient (Wildman–Crippen LogP) is 5.37. The maximum absolute atomic E-state index is 13.3. The van der Waals surface area contributed by atoms with Crippen LogP contribution in [0.4, 0.5) is 29.3 Å². The summed E-state index contributed by atoms with van der Waals surface area (Å²) >= 11 is 0. The first-order chi connectivity index (χ1) is 18.7. The van der Waals surface area contributed by atoms with E-state index in [0.29, 0.717) is 23.7 Å². The van der Waals surface area contributed by atoms with E-state index in [1.165, 1.54) is 25.4 Å². The molecule has 12 heteroatoms. The van der Waals surface area contributed by atoms with Crippen molar-refractivity contribution in [1.82, 2.24) is 15.2 Å². The molecular weight excluding hydrogens is 515 g/mol. The fourth-order valence-corrected chi connectivity index (χ4v) is 3.97. The second-order valence-corrected chi connectivity index (χ2v) is 8.77. The highest BCUT2D eigenvalue weighted by Crippen LogP contribution is 2.35. The van der Waals surface area contributed by atoms with Crippen LogP contribution < -0.4 is 25.4 Å². The molecule has 39 heavy (non-hydrogen) atoms. The summed E-state index contributed by atoms with van der Waals surface area (Å²) in [5, 5.41) is 7.53. The Morgan fingerprint density at radius 2 is 1.72 bits per heavy atom. The van der Waals surface area contributed by atoms with Crippen LogP contribution in [-0.2, 0) is 6.18 Å². The maximum atomic E-state index is 13.3. The molecule has 0 radical (unpaired) electrons. The number of likely N-dealkylation sites (tertiary alicyclic amines) is 1.